The first kappa shape index (κ1) is 19.8. The maximum absolute atomic E-state index is 13.2. The molecule has 0 fully saturated rings. The van der Waals surface area contributed by atoms with Crippen LogP contribution in [0.1, 0.15) is 27.9 Å². The van der Waals surface area contributed by atoms with Gasteiger partial charge in [-0.1, -0.05) is 40.6 Å². The van der Waals surface area contributed by atoms with Gasteiger partial charge in [-0.25, -0.2) is 4.98 Å². The molecule has 0 aliphatic heterocycles. The van der Waals surface area contributed by atoms with E-state index in [0.29, 0.717) is 17.1 Å². The summed E-state index contributed by atoms with van der Waals surface area (Å²) in [7, 11) is 4.07. The molecular weight excluding hydrogens is 378 g/mol. The van der Waals surface area contributed by atoms with Gasteiger partial charge in [-0.15, -0.1) is 0 Å². The second-order valence-corrected chi connectivity index (χ2v) is 8.49. The van der Waals surface area contributed by atoms with Gasteiger partial charge in [0.2, 0.25) is 0 Å². The van der Waals surface area contributed by atoms with Gasteiger partial charge in [-0.2, -0.15) is 0 Å². The fourth-order valence-electron chi connectivity index (χ4n) is 2.94. The third-order valence-corrected chi connectivity index (χ3v) is 5.64. The molecule has 27 heavy (non-hydrogen) atoms. The molecule has 0 unspecified atom stereocenters. The van der Waals surface area contributed by atoms with Gasteiger partial charge in [-0.05, 0) is 70.7 Å². The number of hydrogen-bond donors (Lipinski definition) is 0. The summed E-state index contributed by atoms with van der Waals surface area (Å²) >= 11 is 7.71. The quantitative estimate of drug-likeness (QED) is 0.572. The average Bonchev–Trinajstić information content (AvgIpc) is 3.02. The second-order valence-electron chi connectivity index (χ2n) is 7.05. The van der Waals surface area contributed by atoms with E-state index >= 15 is 0 Å². The Morgan fingerprint density at radius 3 is 2.48 bits per heavy atom. The van der Waals surface area contributed by atoms with Crippen LogP contribution in [0.5, 0.6) is 0 Å². The first-order valence-corrected chi connectivity index (χ1v) is 10.1. The molecule has 0 spiro atoms. The Bertz CT molecular complexity index is 950. The van der Waals surface area contributed by atoms with Crippen molar-refractivity contribution in [2.75, 3.05) is 32.1 Å². The summed E-state index contributed by atoms with van der Waals surface area (Å²) in [4.78, 5) is 21.9. The number of rotatable bonds is 6. The predicted molar refractivity (Wildman–Crippen MR) is 115 cm³/mol. The van der Waals surface area contributed by atoms with Crippen LogP contribution in [0.2, 0.25) is 5.02 Å². The van der Waals surface area contributed by atoms with Crippen molar-refractivity contribution in [1.29, 1.82) is 0 Å². The molecule has 0 bridgehead atoms. The Labute approximate surface area is 169 Å². The van der Waals surface area contributed by atoms with E-state index in [9.17, 15) is 4.79 Å². The van der Waals surface area contributed by atoms with E-state index in [1.54, 1.807) is 4.90 Å². The molecule has 2 aromatic carbocycles. The van der Waals surface area contributed by atoms with Crippen LogP contribution in [0.3, 0.4) is 0 Å². The van der Waals surface area contributed by atoms with Crippen LogP contribution in [0.25, 0.3) is 10.2 Å². The molecule has 6 heteroatoms. The number of benzene rings is 2. The zero-order chi connectivity index (χ0) is 19.6. The molecule has 1 amide bonds. The number of aryl methyl sites for hydroxylation is 2. The first-order valence-electron chi connectivity index (χ1n) is 8.95. The van der Waals surface area contributed by atoms with Gasteiger partial charge in [0.15, 0.2) is 5.13 Å². The van der Waals surface area contributed by atoms with Crippen molar-refractivity contribution in [2.45, 2.75) is 20.3 Å². The van der Waals surface area contributed by atoms with Crippen molar-refractivity contribution >= 4 is 44.2 Å². The standard InChI is InChI=1S/C21H24ClN3OS/c1-14-6-8-16(9-7-14)20(26)25(11-5-10-24(3)4)21-23-19-15(2)12-17(22)13-18(19)27-21/h6-9,12-13H,5,10-11H2,1-4H3. The van der Waals surface area contributed by atoms with Gasteiger partial charge in [0.1, 0.15) is 0 Å². The summed E-state index contributed by atoms with van der Waals surface area (Å²) in [6.45, 7) is 5.55. The van der Waals surface area contributed by atoms with Crippen LogP contribution in [-0.4, -0.2) is 43.0 Å². The number of nitrogens with zero attached hydrogens (tertiary/aromatic N) is 3. The predicted octanol–water partition coefficient (Wildman–Crippen LogP) is 5.17. The lowest BCUT2D eigenvalue weighted by Gasteiger charge is -2.21. The molecule has 0 saturated heterocycles. The third-order valence-electron chi connectivity index (χ3n) is 4.40. The monoisotopic (exact) mass is 401 g/mol. The molecule has 3 rings (SSSR count). The minimum atomic E-state index is -0.0171. The molecule has 0 aliphatic rings. The van der Waals surface area contributed by atoms with Gasteiger partial charge < -0.3 is 4.90 Å². The largest absolute Gasteiger partial charge is 0.309 e. The number of amides is 1. The normalized spacial score (nSPS) is 11.3. The van der Waals surface area contributed by atoms with Crippen LogP contribution in [0, 0.1) is 13.8 Å². The number of thiazole rings is 1. The Morgan fingerprint density at radius 2 is 1.81 bits per heavy atom. The summed E-state index contributed by atoms with van der Waals surface area (Å²) < 4.78 is 1.00. The summed E-state index contributed by atoms with van der Waals surface area (Å²) in [6.07, 6.45) is 0.875. The molecule has 0 saturated carbocycles. The summed E-state index contributed by atoms with van der Waals surface area (Å²) in [5.74, 6) is -0.0171. The molecule has 142 valence electrons. The zero-order valence-corrected chi connectivity index (χ0v) is 17.7. The number of fused-ring (bicyclic) bond motifs is 1. The summed E-state index contributed by atoms with van der Waals surface area (Å²) in [5.41, 5.74) is 3.75. The highest BCUT2D eigenvalue weighted by molar-refractivity contribution is 7.22. The van der Waals surface area contributed by atoms with E-state index < -0.39 is 0 Å². The van der Waals surface area contributed by atoms with Crippen LogP contribution in [-0.2, 0) is 0 Å². The van der Waals surface area contributed by atoms with Crippen LogP contribution < -0.4 is 4.90 Å². The number of hydrogen-bond acceptors (Lipinski definition) is 4. The Kier molecular flexibility index (Phi) is 6.15. The number of carbonyl (C=O) groups excluding carboxylic acids is 1. The fourth-order valence-corrected chi connectivity index (χ4v) is 4.38. The molecule has 1 heterocycles. The van der Waals surface area contributed by atoms with Crippen molar-refractivity contribution in [2.24, 2.45) is 0 Å². The average molecular weight is 402 g/mol. The molecule has 4 nitrogen and oxygen atoms in total. The molecule has 0 atom stereocenters. The van der Waals surface area contributed by atoms with Gasteiger partial charge in [0.25, 0.3) is 5.91 Å². The van der Waals surface area contributed by atoms with Gasteiger partial charge >= 0.3 is 0 Å². The number of carbonyl (C=O) groups is 1. The van der Waals surface area contributed by atoms with E-state index in [-0.39, 0.29) is 5.91 Å². The van der Waals surface area contributed by atoms with Crippen LogP contribution >= 0.6 is 22.9 Å². The molecule has 0 radical (unpaired) electrons. The van der Waals surface area contributed by atoms with Crippen LogP contribution in [0.15, 0.2) is 36.4 Å². The maximum Gasteiger partial charge on any atom is 0.260 e. The molecule has 3 aromatic rings. The van der Waals surface area contributed by atoms with E-state index in [0.717, 1.165) is 39.4 Å². The van der Waals surface area contributed by atoms with Crippen molar-refractivity contribution in [1.82, 2.24) is 9.88 Å². The number of halogens is 1. The van der Waals surface area contributed by atoms with Gasteiger partial charge in [0, 0.05) is 17.1 Å². The third kappa shape index (κ3) is 4.67. The van der Waals surface area contributed by atoms with E-state index in [1.165, 1.54) is 11.3 Å². The minimum absolute atomic E-state index is 0.0171. The zero-order valence-electron chi connectivity index (χ0n) is 16.1. The number of aromatic nitrogens is 1. The van der Waals surface area contributed by atoms with Gasteiger partial charge in [-0.3, -0.25) is 9.69 Å². The lowest BCUT2D eigenvalue weighted by atomic mass is 10.1. The fraction of sp³-hybridized carbons (Fsp3) is 0.333. The topological polar surface area (TPSA) is 36.4 Å². The lowest BCUT2D eigenvalue weighted by molar-refractivity contribution is 0.0986. The Balaban J connectivity index is 1.97. The summed E-state index contributed by atoms with van der Waals surface area (Å²) in [6, 6.07) is 11.5. The second kappa shape index (κ2) is 8.38. The summed E-state index contributed by atoms with van der Waals surface area (Å²) in [5, 5.41) is 1.42. The highest BCUT2D eigenvalue weighted by Crippen LogP contribution is 2.33. The molecular formula is C21H24ClN3OS. The van der Waals surface area contributed by atoms with Crippen molar-refractivity contribution in [3.63, 3.8) is 0 Å². The lowest BCUT2D eigenvalue weighted by Crippen LogP contribution is -2.33. The Morgan fingerprint density at radius 1 is 1.11 bits per heavy atom. The van der Waals surface area contributed by atoms with E-state index in [2.05, 4.69) is 4.90 Å². The number of anilines is 1. The molecule has 1 aromatic heterocycles. The van der Waals surface area contributed by atoms with Crippen molar-refractivity contribution < 1.29 is 4.79 Å². The first-order chi connectivity index (χ1) is 12.8. The van der Waals surface area contributed by atoms with E-state index in [1.807, 2.05) is 64.3 Å². The SMILES string of the molecule is Cc1ccc(C(=O)N(CCCN(C)C)c2nc3c(C)cc(Cl)cc3s2)cc1. The highest BCUT2D eigenvalue weighted by Gasteiger charge is 2.21. The van der Waals surface area contributed by atoms with Crippen molar-refractivity contribution in [3.8, 4) is 0 Å². The van der Waals surface area contributed by atoms with Crippen LogP contribution in [0.4, 0.5) is 5.13 Å². The van der Waals surface area contributed by atoms with Crippen molar-refractivity contribution in [3.05, 3.63) is 58.1 Å². The van der Waals surface area contributed by atoms with Gasteiger partial charge in [0.05, 0.1) is 10.2 Å². The molecule has 0 N–H and O–H groups in total. The molecule has 0 aliphatic carbocycles. The highest BCUT2D eigenvalue weighted by atomic mass is 35.5. The Hall–Kier alpha value is -1.95. The van der Waals surface area contributed by atoms with E-state index in [4.69, 9.17) is 16.6 Å². The smallest absolute Gasteiger partial charge is 0.260 e. The minimum Gasteiger partial charge on any atom is -0.309 e. The maximum atomic E-state index is 13.2.